The summed E-state index contributed by atoms with van der Waals surface area (Å²) >= 11 is 0. The minimum absolute atomic E-state index is 0.344. The van der Waals surface area contributed by atoms with Crippen LogP contribution in [0.2, 0.25) is 0 Å². The highest BCUT2D eigenvalue weighted by atomic mass is 16.5. The molecule has 0 saturated carbocycles. The number of aromatic amines is 2. The van der Waals surface area contributed by atoms with E-state index in [1.165, 1.54) is 6.07 Å². The van der Waals surface area contributed by atoms with E-state index in [0.29, 0.717) is 19.0 Å². The zero-order valence-corrected chi connectivity index (χ0v) is 12.9. The molecule has 0 bridgehead atoms. The van der Waals surface area contributed by atoms with E-state index in [-0.39, 0.29) is 0 Å². The number of nitrogens with one attached hydrogen (secondary N) is 3. The van der Waals surface area contributed by atoms with Crippen LogP contribution in [-0.4, -0.2) is 9.97 Å². The average Bonchev–Trinajstić information content (AvgIpc) is 2.56. The maximum atomic E-state index is 11.3. The van der Waals surface area contributed by atoms with Gasteiger partial charge in [-0.3, -0.25) is 14.8 Å². The number of anilines is 2. The fourth-order valence-electron chi connectivity index (χ4n) is 2.24. The highest BCUT2D eigenvalue weighted by Crippen LogP contribution is 2.14. The second kappa shape index (κ2) is 7.43. The lowest BCUT2D eigenvalue weighted by molar-refractivity contribution is 0.107. The summed E-state index contributed by atoms with van der Waals surface area (Å²) < 4.78 is 5.68. The van der Waals surface area contributed by atoms with E-state index in [9.17, 15) is 9.59 Å². The Labute approximate surface area is 138 Å². The van der Waals surface area contributed by atoms with Gasteiger partial charge in [-0.15, -0.1) is 0 Å². The Balaban J connectivity index is 1.57. The number of ether oxygens (including phenoxy) is 1. The zero-order valence-electron chi connectivity index (χ0n) is 12.9. The van der Waals surface area contributed by atoms with E-state index in [2.05, 4.69) is 15.3 Å². The summed E-state index contributed by atoms with van der Waals surface area (Å²) in [5.41, 5.74) is 1.94. The van der Waals surface area contributed by atoms with E-state index in [4.69, 9.17) is 4.74 Å². The van der Waals surface area contributed by atoms with Gasteiger partial charge in [-0.25, -0.2) is 4.79 Å². The molecule has 6 heteroatoms. The summed E-state index contributed by atoms with van der Waals surface area (Å²) in [5.74, 6) is 0.344. The molecule has 0 aliphatic rings. The van der Waals surface area contributed by atoms with Gasteiger partial charge in [0.05, 0.1) is 13.2 Å². The monoisotopic (exact) mass is 323 g/mol. The Morgan fingerprint density at radius 2 is 1.50 bits per heavy atom. The normalized spacial score (nSPS) is 10.5. The molecule has 24 heavy (non-hydrogen) atoms. The predicted octanol–water partition coefficient (Wildman–Crippen LogP) is 2.52. The lowest BCUT2D eigenvalue weighted by Gasteiger charge is -2.08. The molecule has 0 aliphatic heterocycles. The summed E-state index contributed by atoms with van der Waals surface area (Å²) in [4.78, 5) is 27.1. The summed E-state index contributed by atoms with van der Waals surface area (Å²) in [6.45, 7) is 1.08. The van der Waals surface area contributed by atoms with E-state index in [0.717, 1.165) is 16.8 Å². The van der Waals surface area contributed by atoms with Crippen LogP contribution in [0.3, 0.4) is 0 Å². The molecule has 0 fully saturated rings. The molecule has 0 saturated heterocycles. The average molecular weight is 323 g/mol. The fraction of sp³-hybridized carbons (Fsp3) is 0.111. The summed E-state index contributed by atoms with van der Waals surface area (Å²) in [6, 6.07) is 18.9. The van der Waals surface area contributed by atoms with Crippen molar-refractivity contribution in [1.29, 1.82) is 0 Å². The summed E-state index contributed by atoms with van der Waals surface area (Å²) in [7, 11) is 0. The van der Waals surface area contributed by atoms with Crippen molar-refractivity contribution >= 4 is 11.5 Å². The Bertz CT molecular complexity index is 871. The van der Waals surface area contributed by atoms with Gasteiger partial charge in [0.2, 0.25) is 0 Å². The van der Waals surface area contributed by atoms with Crippen LogP contribution in [0.1, 0.15) is 11.1 Å². The zero-order chi connectivity index (χ0) is 16.8. The maximum Gasteiger partial charge on any atom is 0.327 e. The van der Waals surface area contributed by atoms with E-state index in [1.807, 2.05) is 54.6 Å². The van der Waals surface area contributed by atoms with Crippen LogP contribution in [0.5, 0.6) is 0 Å². The van der Waals surface area contributed by atoms with E-state index in [1.54, 1.807) is 0 Å². The number of rotatable bonds is 6. The van der Waals surface area contributed by atoms with Crippen LogP contribution < -0.4 is 16.6 Å². The molecule has 0 amide bonds. The second-order valence-corrected chi connectivity index (χ2v) is 5.30. The molecule has 1 aromatic heterocycles. The maximum absolute atomic E-state index is 11.3. The number of hydrogen-bond donors (Lipinski definition) is 3. The largest absolute Gasteiger partial charge is 0.372 e. The number of H-pyrrole nitrogens is 2. The molecule has 1 heterocycles. The van der Waals surface area contributed by atoms with Crippen LogP contribution in [-0.2, 0) is 18.0 Å². The molecule has 2 aromatic carbocycles. The van der Waals surface area contributed by atoms with Crippen molar-refractivity contribution in [3.63, 3.8) is 0 Å². The van der Waals surface area contributed by atoms with Gasteiger partial charge in [-0.2, -0.15) is 0 Å². The van der Waals surface area contributed by atoms with Crippen LogP contribution in [0.15, 0.2) is 70.3 Å². The van der Waals surface area contributed by atoms with Crippen LogP contribution in [0.4, 0.5) is 11.5 Å². The van der Waals surface area contributed by atoms with Gasteiger partial charge >= 0.3 is 5.69 Å². The van der Waals surface area contributed by atoms with Crippen LogP contribution >= 0.6 is 0 Å². The SMILES string of the molecule is O=c1cc(Nc2ccc(COCc3ccccc3)cc2)[nH]c(=O)[nH]1. The molecule has 3 aromatic rings. The number of benzene rings is 2. The molecule has 0 unspecified atom stereocenters. The molecule has 0 aliphatic carbocycles. The molecule has 0 radical (unpaired) electrons. The molecular weight excluding hydrogens is 306 g/mol. The van der Waals surface area contributed by atoms with Crippen molar-refractivity contribution in [2.24, 2.45) is 0 Å². The molecular formula is C18H17N3O3. The van der Waals surface area contributed by atoms with E-state index < -0.39 is 11.2 Å². The van der Waals surface area contributed by atoms with Crippen molar-refractivity contribution in [3.8, 4) is 0 Å². The third kappa shape index (κ3) is 4.44. The van der Waals surface area contributed by atoms with Gasteiger partial charge in [-0.1, -0.05) is 42.5 Å². The smallest absolute Gasteiger partial charge is 0.327 e. The highest BCUT2D eigenvalue weighted by molar-refractivity contribution is 5.55. The predicted molar refractivity (Wildman–Crippen MR) is 92.3 cm³/mol. The standard InChI is InChI=1S/C18H17N3O3/c22-17-10-16(20-18(23)21-17)19-15-8-6-14(7-9-15)12-24-11-13-4-2-1-3-5-13/h1-10H,11-12H2,(H3,19,20,21,22,23). The molecule has 122 valence electrons. The Hall–Kier alpha value is -3.12. The second-order valence-electron chi connectivity index (χ2n) is 5.30. The van der Waals surface area contributed by atoms with Crippen molar-refractivity contribution < 1.29 is 4.74 Å². The minimum atomic E-state index is -0.545. The van der Waals surface area contributed by atoms with Gasteiger partial charge in [0, 0.05) is 11.8 Å². The van der Waals surface area contributed by atoms with Crippen LogP contribution in [0.25, 0.3) is 0 Å². The Kier molecular flexibility index (Phi) is 4.88. The lowest BCUT2D eigenvalue weighted by Crippen LogP contribution is -2.22. The Morgan fingerprint density at radius 3 is 2.17 bits per heavy atom. The van der Waals surface area contributed by atoms with Crippen molar-refractivity contribution in [3.05, 3.63) is 92.6 Å². The number of aromatic nitrogens is 2. The lowest BCUT2D eigenvalue weighted by atomic mass is 10.2. The van der Waals surface area contributed by atoms with Crippen molar-refractivity contribution in [2.75, 3.05) is 5.32 Å². The van der Waals surface area contributed by atoms with Crippen molar-refractivity contribution in [2.45, 2.75) is 13.2 Å². The number of hydrogen-bond acceptors (Lipinski definition) is 4. The molecule has 6 nitrogen and oxygen atoms in total. The first-order valence-corrected chi connectivity index (χ1v) is 7.50. The van der Waals surface area contributed by atoms with Gasteiger partial charge in [0.25, 0.3) is 5.56 Å². The van der Waals surface area contributed by atoms with Crippen LogP contribution in [0, 0.1) is 0 Å². The third-order valence-corrected chi connectivity index (χ3v) is 3.37. The van der Waals surface area contributed by atoms with Gasteiger partial charge in [-0.05, 0) is 23.3 Å². The topological polar surface area (TPSA) is 87.0 Å². The fourth-order valence-corrected chi connectivity index (χ4v) is 2.24. The molecule has 3 N–H and O–H groups in total. The van der Waals surface area contributed by atoms with Crippen molar-refractivity contribution in [1.82, 2.24) is 9.97 Å². The Morgan fingerprint density at radius 1 is 0.833 bits per heavy atom. The first kappa shape index (κ1) is 15.8. The summed E-state index contributed by atoms with van der Waals surface area (Å²) in [6.07, 6.45) is 0. The highest BCUT2D eigenvalue weighted by Gasteiger charge is 1.99. The third-order valence-electron chi connectivity index (χ3n) is 3.37. The quantitative estimate of drug-likeness (QED) is 0.650. The first-order valence-electron chi connectivity index (χ1n) is 7.50. The van der Waals surface area contributed by atoms with E-state index >= 15 is 0 Å². The van der Waals surface area contributed by atoms with Gasteiger partial charge in [0.15, 0.2) is 0 Å². The first-order chi connectivity index (χ1) is 11.7. The summed E-state index contributed by atoms with van der Waals surface area (Å²) in [5, 5.41) is 2.98. The van der Waals surface area contributed by atoms with Gasteiger partial charge < -0.3 is 10.1 Å². The van der Waals surface area contributed by atoms with Gasteiger partial charge in [0.1, 0.15) is 5.82 Å². The molecule has 0 atom stereocenters. The molecule has 0 spiro atoms. The molecule has 3 rings (SSSR count). The minimum Gasteiger partial charge on any atom is -0.372 e.